The highest BCUT2D eigenvalue weighted by Crippen LogP contribution is 2.20. The molecule has 110 valence electrons. The van der Waals surface area contributed by atoms with E-state index in [4.69, 9.17) is 4.74 Å². The molecule has 0 aliphatic carbocycles. The van der Waals surface area contributed by atoms with Gasteiger partial charge < -0.3 is 4.74 Å². The summed E-state index contributed by atoms with van der Waals surface area (Å²) in [6, 6.07) is 15.1. The monoisotopic (exact) mass is 300 g/mol. The van der Waals surface area contributed by atoms with Crippen LogP contribution in [0.1, 0.15) is 36.7 Å². The molecule has 0 heterocycles. The fourth-order valence-corrected chi connectivity index (χ4v) is 2.65. The molecular weight excluding hydrogens is 280 g/mol. The normalized spacial score (nSPS) is 10.7. The first-order chi connectivity index (χ1) is 10.1. The number of carbonyl (C=O) groups excluding carboxylic acids is 1. The average molecular weight is 300 g/mol. The molecule has 0 amide bonds. The van der Waals surface area contributed by atoms with Crippen molar-refractivity contribution in [2.45, 2.75) is 31.8 Å². The molecular formula is C18H20O2S. The van der Waals surface area contributed by atoms with Crippen LogP contribution in [0, 0.1) is 0 Å². The van der Waals surface area contributed by atoms with E-state index in [1.165, 1.54) is 4.90 Å². The lowest BCUT2D eigenvalue weighted by molar-refractivity contribution is 0.103. The maximum atomic E-state index is 12.4. The molecule has 2 rings (SSSR count). The Morgan fingerprint density at radius 2 is 1.52 bits per heavy atom. The molecule has 0 unspecified atom stereocenters. The Balaban J connectivity index is 2.12. The first-order valence-corrected chi connectivity index (χ1v) is 8.13. The van der Waals surface area contributed by atoms with E-state index in [0.29, 0.717) is 11.1 Å². The van der Waals surface area contributed by atoms with Gasteiger partial charge >= 0.3 is 0 Å². The van der Waals surface area contributed by atoms with Gasteiger partial charge in [-0.2, -0.15) is 0 Å². The van der Waals surface area contributed by atoms with Crippen molar-refractivity contribution in [3.8, 4) is 5.75 Å². The smallest absolute Gasteiger partial charge is 0.193 e. The van der Waals surface area contributed by atoms with Crippen molar-refractivity contribution >= 4 is 17.5 Å². The Bertz CT molecular complexity index is 586. The number of rotatable bonds is 6. The molecule has 0 saturated heterocycles. The molecule has 0 aliphatic heterocycles. The fourth-order valence-electron chi connectivity index (χ4n) is 1.99. The Kier molecular flexibility index (Phi) is 5.45. The summed E-state index contributed by atoms with van der Waals surface area (Å²) < 4.78 is 5.58. The lowest BCUT2D eigenvalue weighted by atomic mass is 10.0. The maximum Gasteiger partial charge on any atom is 0.193 e. The predicted molar refractivity (Wildman–Crippen MR) is 88.5 cm³/mol. The molecule has 2 aromatic rings. The summed E-state index contributed by atoms with van der Waals surface area (Å²) in [6.45, 7) is 6.08. The standard InChI is InChI=1S/C18H20O2S/c1-4-21-17-11-7-15(8-12-17)18(19)14-5-9-16(10-6-14)20-13(2)3/h5-13H,4H2,1-3H3. The Hall–Kier alpha value is -1.74. The lowest BCUT2D eigenvalue weighted by Crippen LogP contribution is -2.06. The fraction of sp³-hybridized carbons (Fsp3) is 0.278. The second kappa shape index (κ2) is 7.32. The third-order valence-electron chi connectivity index (χ3n) is 2.92. The Labute approximate surface area is 130 Å². The highest BCUT2D eigenvalue weighted by atomic mass is 32.2. The quantitative estimate of drug-likeness (QED) is 0.565. The average Bonchev–Trinajstić information content (AvgIpc) is 2.48. The molecule has 21 heavy (non-hydrogen) atoms. The third-order valence-corrected chi connectivity index (χ3v) is 3.81. The molecule has 2 aromatic carbocycles. The van der Waals surface area contributed by atoms with E-state index >= 15 is 0 Å². The van der Waals surface area contributed by atoms with Crippen molar-refractivity contribution in [3.63, 3.8) is 0 Å². The highest BCUT2D eigenvalue weighted by molar-refractivity contribution is 7.99. The number of carbonyl (C=O) groups is 1. The van der Waals surface area contributed by atoms with E-state index in [2.05, 4.69) is 6.92 Å². The number of ether oxygens (including phenoxy) is 1. The van der Waals surface area contributed by atoms with Gasteiger partial charge in [-0.1, -0.05) is 6.92 Å². The highest BCUT2D eigenvalue weighted by Gasteiger charge is 2.09. The summed E-state index contributed by atoms with van der Waals surface area (Å²) in [5, 5.41) is 0. The van der Waals surface area contributed by atoms with Crippen LogP contribution in [-0.2, 0) is 0 Å². The minimum absolute atomic E-state index is 0.0409. The van der Waals surface area contributed by atoms with Crippen molar-refractivity contribution in [3.05, 3.63) is 59.7 Å². The molecule has 0 radical (unpaired) electrons. The minimum atomic E-state index is 0.0409. The molecule has 0 N–H and O–H groups in total. The molecule has 2 nitrogen and oxygen atoms in total. The number of benzene rings is 2. The summed E-state index contributed by atoms with van der Waals surface area (Å²) in [5.74, 6) is 1.86. The molecule has 0 atom stereocenters. The first-order valence-electron chi connectivity index (χ1n) is 7.14. The first kappa shape index (κ1) is 15.6. The third kappa shape index (κ3) is 4.36. The van der Waals surface area contributed by atoms with Gasteiger partial charge in [0.2, 0.25) is 0 Å². The number of hydrogen-bond acceptors (Lipinski definition) is 3. The van der Waals surface area contributed by atoms with Crippen LogP contribution in [0.25, 0.3) is 0 Å². The zero-order valence-electron chi connectivity index (χ0n) is 12.6. The SMILES string of the molecule is CCSc1ccc(C(=O)c2ccc(OC(C)C)cc2)cc1. The molecule has 3 heteroatoms. The van der Waals surface area contributed by atoms with E-state index in [1.54, 1.807) is 11.8 Å². The summed E-state index contributed by atoms with van der Waals surface area (Å²) in [4.78, 5) is 13.6. The van der Waals surface area contributed by atoms with Gasteiger partial charge in [-0.15, -0.1) is 11.8 Å². The summed E-state index contributed by atoms with van der Waals surface area (Å²) in [7, 11) is 0. The topological polar surface area (TPSA) is 26.3 Å². The molecule has 0 saturated carbocycles. The summed E-state index contributed by atoms with van der Waals surface area (Å²) in [6.07, 6.45) is 0.134. The van der Waals surface area contributed by atoms with Gasteiger partial charge in [0.15, 0.2) is 5.78 Å². The van der Waals surface area contributed by atoms with Gasteiger partial charge in [0.1, 0.15) is 5.75 Å². The second-order valence-electron chi connectivity index (χ2n) is 4.98. The summed E-state index contributed by atoms with van der Waals surface area (Å²) >= 11 is 1.77. The van der Waals surface area contributed by atoms with Gasteiger partial charge in [0, 0.05) is 16.0 Å². The summed E-state index contributed by atoms with van der Waals surface area (Å²) in [5.41, 5.74) is 1.40. The van der Waals surface area contributed by atoms with Crippen molar-refractivity contribution in [2.75, 3.05) is 5.75 Å². The zero-order chi connectivity index (χ0) is 15.2. The van der Waals surface area contributed by atoms with Gasteiger partial charge in [0.25, 0.3) is 0 Å². The van der Waals surface area contributed by atoms with Crippen LogP contribution in [0.3, 0.4) is 0 Å². The number of thioether (sulfide) groups is 1. The van der Waals surface area contributed by atoms with Crippen molar-refractivity contribution in [1.29, 1.82) is 0 Å². The predicted octanol–water partition coefficient (Wildman–Crippen LogP) is 4.82. The van der Waals surface area contributed by atoms with E-state index in [-0.39, 0.29) is 11.9 Å². The van der Waals surface area contributed by atoms with Crippen molar-refractivity contribution in [1.82, 2.24) is 0 Å². The van der Waals surface area contributed by atoms with Gasteiger partial charge in [-0.3, -0.25) is 4.79 Å². The van der Waals surface area contributed by atoms with Crippen LogP contribution in [0.2, 0.25) is 0 Å². The van der Waals surface area contributed by atoms with Gasteiger partial charge in [-0.25, -0.2) is 0 Å². The Morgan fingerprint density at radius 3 is 2.00 bits per heavy atom. The number of hydrogen-bond donors (Lipinski definition) is 0. The van der Waals surface area contributed by atoms with Crippen LogP contribution in [0.5, 0.6) is 5.75 Å². The maximum absolute atomic E-state index is 12.4. The zero-order valence-corrected chi connectivity index (χ0v) is 13.4. The van der Waals surface area contributed by atoms with E-state index < -0.39 is 0 Å². The minimum Gasteiger partial charge on any atom is -0.491 e. The lowest BCUT2D eigenvalue weighted by Gasteiger charge is -2.10. The van der Waals surface area contributed by atoms with Crippen LogP contribution < -0.4 is 4.74 Å². The molecule has 0 aliphatic rings. The molecule has 0 spiro atoms. The van der Waals surface area contributed by atoms with Crippen LogP contribution in [0.4, 0.5) is 0 Å². The van der Waals surface area contributed by atoms with E-state index in [0.717, 1.165) is 11.5 Å². The molecule has 0 bridgehead atoms. The molecule has 0 aromatic heterocycles. The van der Waals surface area contributed by atoms with Crippen molar-refractivity contribution in [2.24, 2.45) is 0 Å². The Morgan fingerprint density at radius 1 is 1.00 bits per heavy atom. The van der Waals surface area contributed by atoms with Crippen molar-refractivity contribution < 1.29 is 9.53 Å². The van der Waals surface area contributed by atoms with Gasteiger partial charge in [-0.05, 0) is 68.1 Å². The largest absolute Gasteiger partial charge is 0.491 e. The van der Waals surface area contributed by atoms with Crippen LogP contribution in [-0.4, -0.2) is 17.6 Å². The van der Waals surface area contributed by atoms with E-state index in [9.17, 15) is 4.79 Å². The molecule has 0 fully saturated rings. The number of ketones is 1. The van der Waals surface area contributed by atoms with E-state index in [1.807, 2.05) is 62.4 Å². The van der Waals surface area contributed by atoms with Crippen LogP contribution in [0.15, 0.2) is 53.4 Å². The van der Waals surface area contributed by atoms with Crippen LogP contribution >= 0.6 is 11.8 Å². The van der Waals surface area contributed by atoms with Gasteiger partial charge in [0.05, 0.1) is 6.10 Å². The second-order valence-corrected chi connectivity index (χ2v) is 6.31.